The molecular weight excluding hydrogens is 278 g/mol. The molecule has 0 atom stereocenters. The van der Waals surface area contributed by atoms with E-state index in [1.165, 1.54) is 27.8 Å². The average molecular weight is 305 g/mol. The summed E-state index contributed by atoms with van der Waals surface area (Å²) < 4.78 is 0. The zero-order valence-electron chi connectivity index (χ0n) is 14.9. The molecular formula is C22H27N. The first-order chi connectivity index (χ1) is 10.9. The maximum atomic E-state index is 4.24. The Balaban J connectivity index is 2.29. The normalized spacial score (nSPS) is 11.2. The number of hydrogen-bond donors (Lipinski definition) is 1. The standard InChI is InChI=1S/C22H27N/c1-15(2)20-12-11-19(22(14-20)23-6)10-9-18(5)21-13-16(3)7-8-17(21)4/h7-15,23H,5H2,1-4,6H3/b10-9-. The Bertz CT molecular complexity index is 736. The van der Waals surface area contributed by atoms with Crippen LogP contribution >= 0.6 is 0 Å². The molecule has 2 aromatic rings. The molecule has 1 heteroatoms. The number of aryl methyl sites for hydroxylation is 2. The van der Waals surface area contributed by atoms with E-state index in [0.717, 1.165) is 11.3 Å². The van der Waals surface area contributed by atoms with Crippen molar-refractivity contribution < 1.29 is 0 Å². The highest BCUT2D eigenvalue weighted by atomic mass is 14.8. The lowest BCUT2D eigenvalue weighted by atomic mass is 9.97. The minimum Gasteiger partial charge on any atom is -0.388 e. The van der Waals surface area contributed by atoms with E-state index < -0.39 is 0 Å². The molecule has 23 heavy (non-hydrogen) atoms. The highest BCUT2D eigenvalue weighted by Crippen LogP contribution is 2.26. The number of rotatable bonds is 5. The van der Waals surface area contributed by atoms with E-state index in [1.807, 2.05) is 7.05 Å². The third-order valence-electron chi connectivity index (χ3n) is 4.22. The summed E-state index contributed by atoms with van der Waals surface area (Å²) in [6.07, 6.45) is 4.24. The van der Waals surface area contributed by atoms with E-state index in [0.29, 0.717) is 5.92 Å². The Morgan fingerprint density at radius 2 is 1.83 bits per heavy atom. The monoisotopic (exact) mass is 305 g/mol. The lowest BCUT2D eigenvalue weighted by Gasteiger charge is -2.12. The summed E-state index contributed by atoms with van der Waals surface area (Å²) in [5, 5.41) is 3.29. The predicted octanol–water partition coefficient (Wildman–Crippen LogP) is 6.20. The largest absolute Gasteiger partial charge is 0.388 e. The molecule has 2 aromatic carbocycles. The molecule has 0 spiro atoms. The first-order valence-corrected chi connectivity index (χ1v) is 8.18. The fraction of sp³-hybridized carbons (Fsp3) is 0.273. The summed E-state index contributed by atoms with van der Waals surface area (Å²) in [6, 6.07) is 13.1. The molecule has 2 rings (SSSR count). The molecule has 0 bridgehead atoms. The van der Waals surface area contributed by atoms with Gasteiger partial charge in [0, 0.05) is 12.7 Å². The maximum absolute atomic E-state index is 4.24. The third kappa shape index (κ3) is 4.13. The lowest BCUT2D eigenvalue weighted by molar-refractivity contribution is 0.867. The van der Waals surface area contributed by atoms with E-state index in [-0.39, 0.29) is 0 Å². The second-order valence-electron chi connectivity index (χ2n) is 6.43. The van der Waals surface area contributed by atoms with Crippen LogP contribution in [0.15, 0.2) is 49.1 Å². The van der Waals surface area contributed by atoms with Crippen molar-refractivity contribution in [2.24, 2.45) is 0 Å². The first-order valence-electron chi connectivity index (χ1n) is 8.18. The van der Waals surface area contributed by atoms with Crippen molar-refractivity contribution in [1.29, 1.82) is 0 Å². The van der Waals surface area contributed by atoms with Crippen LogP contribution in [0.25, 0.3) is 11.6 Å². The highest BCUT2D eigenvalue weighted by Gasteiger charge is 2.05. The molecule has 0 aliphatic heterocycles. The van der Waals surface area contributed by atoms with Crippen LogP contribution < -0.4 is 5.32 Å². The summed E-state index contributed by atoms with van der Waals surface area (Å²) in [4.78, 5) is 0. The summed E-state index contributed by atoms with van der Waals surface area (Å²) in [5.74, 6) is 0.532. The number of anilines is 1. The van der Waals surface area contributed by atoms with Gasteiger partial charge in [0.15, 0.2) is 0 Å². The van der Waals surface area contributed by atoms with Crippen molar-refractivity contribution in [2.75, 3.05) is 12.4 Å². The summed E-state index contributed by atoms with van der Waals surface area (Å²) in [7, 11) is 1.97. The van der Waals surface area contributed by atoms with Crippen molar-refractivity contribution >= 4 is 17.3 Å². The Morgan fingerprint density at radius 3 is 2.48 bits per heavy atom. The van der Waals surface area contributed by atoms with Crippen molar-refractivity contribution in [1.82, 2.24) is 0 Å². The van der Waals surface area contributed by atoms with Crippen molar-refractivity contribution in [2.45, 2.75) is 33.6 Å². The zero-order valence-corrected chi connectivity index (χ0v) is 14.9. The quantitative estimate of drug-likeness (QED) is 0.649. The van der Waals surface area contributed by atoms with Gasteiger partial charge in [-0.25, -0.2) is 0 Å². The van der Waals surface area contributed by atoms with E-state index in [4.69, 9.17) is 0 Å². The molecule has 0 saturated heterocycles. The zero-order chi connectivity index (χ0) is 17.0. The minimum absolute atomic E-state index is 0.532. The Labute approximate surface area is 140 Å². The molecule has 0 amide bonds. The number of allylic oxidation sites excluding steroid dienone is 2. The lowest BCUT2D eigenvalue weighted by Crippen LogP contribution is -1.95. The van der Waals surface area contributed by atoms with Crippen LogP contribution in [0.2, 0.25) is 0 Å². The molecule has 0 aliphatic rings. The molecule has 0 fully saturated rings. The van der Waals surface area contributed by atoms with Crippen LogP contribution in [0.5, 0.6) is 0 Å². The second-order valence-corrected chi connectivity index (χ2v) is 6.43. The van der Waals surface area contributed by atoms with Crippen LogP contribution in [-0.2, 0) is 0 Å². The van der Waals surface area contributed by atoms with Gasteiger partial charge < -0.3 is 5.32 Å². The van der Waals surface area contributed by atoms with Crippen molar-refractivity contribution in [3.63, 3.8) is 0 Å². The van der Waals surface area contributed by atoms with Gasteiger partial charge in [0.25, 0.3) is 0 Å². The van der Waals surface area contributed by atoms with Gasteiger partial charge in [-0.1, -0.05) is 68.5 Å². The van der Waals surface area contributed by atoms with E-state index >= 15 is 0 Å². The maximum Gasteiger partial charge on any atom is 0.0414 e. The average Bonchev–Trinajstić information content (AvgIpc) is 2.54. The third-order valence-corrected chi connectivity index (χ3v) is 4.22. The Hall–Kier alpha value is -2.28. The van der Waals surface area contributed by atoms with E-state index in [9.17, 15) is 0 Å². The van der Waals surface area contributed by atoms with Gasteiger partial charge in [0.1, 0.15) is 0 Å². The fourth-order valence-corrected chi connectivity index (χ4v) is 2.66. The Kier molecular flexibility index (Phi) is 5.44. The molecule has 0 aromatic heterocycles. The minimum atomic E-state index is 0.532. The van der Waals surface area contributed by atoms with Gasteiger partial charge in [-0.05, 0) is 53.7 Å². The summed E-state index contributed by atoms with van der Waals surface area (Å²) in [6.45, 7) is 12.9. The Morgan fingerprint density at radius 1 is 1.09 bits per heavy atom. The van der Waals surface area contributed by atoms with Gasteiger partial charge in [-0.3, -0.25) is 0 Å². The van der Waals surface area contributed by atoms with Gasteiger partial charge in [0.2, 0.25) is 0 Å². The number of nitrogens with one attached hydrogen (secondary N) is 1. The molecule has 120 valence electrons. The SMILES string of the molecule is C=C(/C=C\c1ccc(C(C)C)cc1NC)c1cc(C)ccc1C. The molecule has 1 nitrogen and oxygen atoms in total. The van der Waals surface area contributed by atoms with Crippen LogP contribution in [0.4, 0.5) is 5.69 Å². The second kappa shape index (κ2) is 7.32. The molecule has 1 N–H and O–H groups in total. The number of benzene rings is 2. The summed E-state index contributed by atoms with van der Waals surface area (Å²) in [5.41, 5.74) is 8.46. The number of hydrogen-bond acceptors (Lipinski definition) is 1. The van der Waals surface area contributed by atoms with Crippen LogP contribution in [-0.4, -0.2) is 7.05 Å². The molecule has 0 aliphatic carbocycles. The molecule has 0 unspecified atom stereocenters. The first kappa shape index (κ1) is 17.1. The van der Waals surface area contributed by atoms with Crippen LogP contribution in [0.1, 0.15) is 47.6 Å². The van der Waals surface area contributed by atoms with Crippen molar-refractivity contribution in [3.05, 3.63) is 76.9 Å². The molecule has 0 saturated carbocycles. The fourth-order valence-electron chi connectivity index (χ4n) is 2.66. The van der Waals surface area contributed by atoms with Gasteiger partial charge in [-0.15, -0.1) is 0 Å². The summed E-state index contributed by atoms with van der Waals surface area (Å²) >= 11 is 0. The smallest absolute Gasteiger partial charge is 0.0414 e. The van der Waals surface area contributed by atoms with Crippen LogP contribution in [0, 0.1) is 13.8 Å². The van der Waals surface area contributed by atoms with E-state index in [2.05, 4.69) is 88.1 Å². The van der Waals surface area contributed by atoms with E-state index in [1.54, 1.807) is 0 Å². The molecule has 0 heterocycles. The molecule has 0 radical (unpaired) electrons. The predicted molar refractivity (Wildman–Crippen MR) is 104 cm³/mol. The topological polar surface area (TPSA) is 12.0 Å². The van der Waals surface area contributed by atoms with Crippen LogP contribution in [0.3, 0.4) is 0 Å². The highest BCUT2D eigenvalue weighted by molar-refractivity contribution is 5.81. The van der Waals surface area contributed by atoms with Gasteiger partial charge in [0.05, 0.1) is 0 Å². The van der Waals surface area contributed by atoms with Gasteiger partial charge in [-0.2, -0.15) is 0 Å². The van der Waals surface area contributed by atoms with Crippen molar-refractivity contribution in [3.8, 4) is 0 Å². The van der Waals surface area contributed by atoms with Gasteiger partial charge >= 0.3 is 0 Å².